The van der Waals surface area contributed by atoms with E-state index in [1.807, 2.05) is 12.2 Å². The van der Waals surface area contributed by atoms with Gasteiger partial charge >= 0.3 is 99.8 Å². The van der Waals surface area contributed by atoms with Crippen LogP contribution in [0.15, 0.2) is 158 Å². The molecule has 0 aliphatic heterocycles. The molecule has 1 aliphatic rings. The van der Waals surface area contributed by atoms with E-state index in [9.17, 15) is 0 Å². The van der Waals surface area contributed by atoms with Gasteiger partial charge in [-0.2, -0.15) is 6.08 Å². The van der Waals surface area contributed by atoms with Gasteiger partial charge in [0, 0.05) is 0 Å². The summed E-state index contributed by atoms with van der Waals surface area (Å²) >= 11 is 1.64. The van der Waals surface area contributed by atoms with Crippen molar-refractivity contribution in [2.45, 2.75) is 6.42 Å². The molecule has 0 saturated heterocycles. The van der Waals surface area contributed by atoms with E-state index in [0.717, 1.165) is 6.42 Å². The van der Waals surface area contributed by atoms with Crippen molar-refractivity contribution in [3.05, 3.63) is 164 Å². The zero-order valence-electron chi connectivity index (χ0n) is 23.0. The summed E-state index contributed by atoms with van der Waals surface area (Å²) in [6.07, 6.45) is 10.0. The third-order valence-electron chi connectivity index (χ3n) is 7.21. The van der Waals surface area contributed by atoms with Crippen molar-refractivity contribution in [3.63, 3.8) is 0 Å². The molecule has 7 aromatic rings. The molecule has 0 heterocycles. The molecule has 7 aromatic carbocycles. The van der Waals surface area contributed by atoms with E-state index in [1.54, 1.807) is 23.3 Å². The number of hydrogen-bond acceptors (Lipinski definition) is 0. The average Bonchev–Trinajstić information content (AvgIpc) is 3.75. The summed E-state index contributed by atoms with van der Waals surface area (Å²) < 4.78 is 0. The Kier molecular flexibility index (Phi) is 11.6. The number of halogens is 2. The Bertz CT molecular complexity index is 1940. The van der Waals surface area contributed by atoms with Crippen LogP contribution in [-0.2, 0) is 23.3 Å². The summed E-state index contributed by atoms with van der Waals surface area (Å²) in [7, 11) is 0. The molecule has 0 amide bonds. The fourth-order valence-electron chi connectivity index (χ4n) is 5.33. The molecule has 1 aliphatic carbocycles. The van der Waals surface area contributed by atoms with E-state index in [1.165, 1.54) is 53.5 Å². The summed E-state index contributed by atoms with van der Waals surface area (Å²) in [5.41, 5.74) is -0.455. The maximum atomic E-state index is 2.99. The van der Waals surface area contributed by atoms with Crippen LogP contribution in [0.25, 0.3) is 43.1 Å². The molecule has 4 heteroatoms. The Hall–Kier alpha value is -3.13. The van der Waals surface area contributed by atoms with E-state index in [4.69, 9.17) is 0 Å². The van der Waals surface area contributed by atoms with Crippen LogP contribution in [0.5, 0.6) is 0 Å². The SMILES string of the molecule is Cl.Cl.[C-]1=CC=CC1.[Zr+2]=[Si](c1ccccc1)c1ccccc1.c1ccc2c(c1)[cH-]c1c3ccccc3c3ccccc3c21. The maximum Gasteiger partial charge on any atom is -0.0255 e. The zero-order chi connectivity index (χ0) is 27.1. The minimum Gasteiger partial charge on any atom is -0.126 e. The Morgan fingerprint density at radius 2 is 1.02 bits per heavy atom. The largest absolute Gasteiger partial charge is 0.126 e. The molecule has 0 saturated carbocycles. The number of hydrogen-bond donors (Lipinski definition) is 0. The normalized spacial score (nSPS) is 11.3. The van der Waals surface area contributed by atoms with Crippen molar-refractivity contribution in [1.82, 2.24) is 0 Å². The van der Waals surface area contributed by atoms with E-state index in [2.05, 4.69) is 152 Å². The Balaban J connectivity index is 0.000000168. The van der Waals surface area contributed by atoms with Gasteiger partial charge in [0.25, 0.3) is 0 Å². The van der Waals surface area contributed by atoms with Gasteiger partial charge in [0.2, 0.25) is 0 Å². The predicted octanol–water partition coefficient (Wildman–Crippen LogP) is 9.51. The van der Waals surface area contributed by atoms with Gasteiger partial charge in [0.1, 0.15) is 0 Å². The fraction of sp³-hybridized carbons (Fsp3) is 0.0263. The quantitative estimate of drug-likeness (QED) is 0.0973. The molecule has 8 rings (SSSR count). The van der Waals surface area contributed by atoms with Crippen LogP contribution in [-0.4, -0.2) is 5.43 Å². The first-order valence-electron chi connectivity index (χ1n) is 13.6. The third kappa shape index (κ3) is 6.91. The molecule has 0 N–H and O–H groups in total. The second-order valence-electron chi connectivity index (χ2n) is 9.72. The molecule has 0 spiro atoms. The fourth-order valence-corrected chi connectivity index (χ4v) is 9.17. The van der Waals surface area contributed by atoms with Crippen LogP contribution in [0, 0.1) is 6.08 Å². The molecule has 0 nitrogen and oxygen atoms in total. The van der Waals surface area contributed by atoms with E-state index in [-0.39, 0.29) is 24.8 Å². The molecule has 0 aromatic heterocycles. The van der Waals surface area contributed by atoms with Crippen molar-refractivity contribution >= 4 is 83.7 Å². The van der Waals surface area contributed by atoms with Crippen LogP contribution in [0.2, 0.25) is 0 Å². The van der Waals surface area contributed by atoms with Crippen molar-refractivity contribution in [1.29, 1.82) is 0 Å². The van der Waals surface area contributed by atoms with Gasteiger partial charge < -0.3 is 0 Å². The van der Waals surface area contributed by atoms with Gasteiger partial charge in [-0.3, -0.25) is 6.08 Å². The van der Waals surface area contributed by atoms with Crippen LogP contribution >= 0.6 is 24.8 Å². The standard InChI is InChI=1S/C21H13.C12H10Si.C5H5.2ClH.Zr/c1-2-8-15-14(7-1)13-20-18-11-4-3-9-16(18)17-10-5-6-12-19(17)21(15)20;1-3-7-11(8-4-1)13-12-9-5-2-6-10-12;1-2-4-5-3-1;;;/h1-13H;1-10H;1-3H,4H2;2*1H;/q-1;;-1;;;+2. The number of fused-ring (bicyclic) bond motifs is 8. The van der Waals surface area contributed by atoms with Crippen LogP contribution in [0.1, 0.15) is 6.42 Å². The third-order valence-corrected chi connectivity index (χ3v) is 13.3. The number of benzene rings is 6. The number of rotatable bonds is 2. The zero-order valence-corrected chi connectivity index (χ0v) is 28.1. The van der Waals surface area contributed by atoms with Gasteiger partial charge in [-0.05, 0) is 10.8 Å². The van der Waals surface area contributed by atoms with Gasteiger partial charge in [-0.15, -0.1) is 64.9 Å². The first-order valence-corrected chi connectivity index (χ1v) is 18.8. The molecular formula is C38H30Cl2SiZr. The van der Waals surface area contributed by atoms with Crippen molar-refractivity contribution in [3.8, 4) is 0 Å². The second kappa shape index (κ2) is 15.4. The van der Waals surface area contributed by atoms with E-state index in [0.29, 0.717) is 0 Å². The molecule has 0 bridgehead atoms. The van der Waals surface area contributed by atoms with Crippen molar-refractivity contribution < 1.29 is 23.3 Å². The van der Waals surface area contributed by atoms with Gasteiger partial charge in [-0.1, -0.05) is 77.5 Å². The Morgan fingerprint density at radius 3 is 1.55 bits per heavy atom. The first kappa shape index (κ1) is 31.8. The smallest absolute Gasteiger partial charge is 0.0255 e. The van der Waals surface area contributed by atoms with Gasteiger partial charge in [0.15, 0.2) is 0 Å². The maximum absolute atomic E-state index is 2.99. The van der Waals surface area contributed by atoms with Crippen molar-refractivity contribution in [2.75, 3.05) is 0 Å². The summed E-state index contributed by atoms with van der Waals surface area (Å²) in [6.45, 7) is 0. The van der Waals surface area contributed by atoms with Gasteiger partial charge in [-0.25, -0.2) is 12.2 Å². The van der Waals surface area contributed by atoms with Gasteiger partial charge in [0.05, 0.1) is 0 Å². The van der Waals surface area contributed by atoms with E-state index < -0.39 is 5.43 Å². The molecule has 0 atom stereocenters. The van der Waals surface area contributed by atoms with Crippen LogP contribution in [0.4, 0.5) is 0 Å². The molecular weight excluding hydrogens is 647 g/mol. The summed E-state index contributed by atoms with van der Waals surface area (Å²) in [5.74, 6) is 0. The molecule has 0 fully saturated rings. The summed E-state index contributed by atoms with van der Waals surface area (Å²) in [6, 6.07) is 50.2. The minimum absolute atomic E-state index is 0. The van der Waals surface area contributed by atoms with Crippen molar-refractivity contribution in [2.24, 2.45) is 0 Å². The molecule has 0 unspecified atom stereocenters. The average molecular weight is 677 g/mol. The van der Waals surface area contributed by atoms with Crippen LogP contribution in [0.3, 0.4) is 0 Å². The Labute approximate surface area is 275 Å². The molecule has 0 radical (unpaired) electrons. The Morgan fingerprint density at radius 1 is 0.548 bits per heavy atom. The summed E-state index contributed by atoms with van der Waals surface area (Å²) in [5, 5.41) is 13.9. The second-order valence-corrected chi connectivity index (χ2v) is 15.3. The summed E-state index contributed by atoms with van der Waals surface area (Å²) in [4.78, 5) is 0. The topological polar surface area (TPSA) is 0 Å². The molecule has 204 valence electrons. The number of allylic oxidation sites excluding steroid dienone is 4. The van der Waals surface area contributed by atoms with Crippen LogP contribution < -0.4 is 10.4 Å². The first-order chi connectivity index (χ1) is 19.8. The minimum atomic E-state index is -0.455. The van der Waals surface area contributed by atoms with E-state index >= 15 is 0 Å². The monoisotopic (exact) mass is 674 g/mol. The predicted molar refractivity (Wildman–Crippen MR) is 186 cm³/mol. The molecule has 42 heavy (non-hydrogen) atoms.